The van der Waals surface area contributed by atoms with E-state index in [0.717, 1.165) is 19.4 Å². The average molecular weight is 241 g/mol. The molecule has 5 heteroatoms. The Morgan fingerprint density at radius 1 is 1.47 bits per heavy atom. The van der Waals surface area contributed by atoms with Crippen molar-refractivity contribution in [2.24, 2.45) is 5.41 Å². The van der Waals surface area contributed by atoms with Gasteiger partial charge >= 0.3 is 0 Å². The molecule has 0 spiro atoms. The van der Waals surface area contributed by atoms with Crippen LogP contribution in [0, 0.1) is 5.41 Å². The number of carbonyl (C=O) groups excluding carboxylic acids is 2. The maximum Gasteiger partial charge on any atom is 0.244 e. The zero-order chi connectivity index (χ0) is 13.1. The summed E-state index contributed by atoms with van der Waals surface area (Å²) in [6.07, 6.45) is 1.65. The summed E-state index contributed by atoms with van der Waals surface area (Å²) >= 11 is 0. The molecule has 0 aromatic rings. The van der Waals surface area contributed by atoms with E-state index in [9.17, 15) is 9.59 Å². The van der Waals surface area contributed by atoms with Crippen molar-refractivity contribution in [1.29, 1.82) is 0 Å². The zero-order valence-corrected chi connectivity index (χ0v) is 11.2. The standard InChI is InChI=1S/C12H23N3O2/c1-5-12(6-7-13-8-12)11(17)14-9(2)10(16)15(3)4/h9,13H,5-8H2,1-4H3,(H,14,17). The highest BCUT2D eigenvalue weighted by atomic mass is 16.2. The molecule has 17 heavy (non-hydrogen) atoms. The Morgan fingerprint density at radius 2 is 2.12 bits per heavy atom. The molecule has 0 saturated carbocycles. The topological polar surface area (TPSA) is 61.4 Å². The van der Waals surface area contributed by atoms with Gasteiger partial charge in [0.15, 0.2) is 0 Å². The second-order valence-electron chi connectivity index (χ2n) is 4.99. The molecule has 1 rings (SSSR count). The molecule has 2 atom stereocenters. The largest absolute Gasteiger partial charge is 0.347 e. The van der Waals surface area contributed by atoms with E-state index in [4.69, 9.17) is 0 Å². The number of carbonyl (C=O) groups is 2. The molecular weight excluding hydrogens is 218 g/mol. The number of likely N-dealkylation sites (N-methyl/N-ethyl adjacent to an activating group) is 1. The summed E-state index contributed by atoms with van der Waals surface area (Å²) in [5, 5.41) is 6.04. The molecule has 0 aromatic heterocycles. The van der Waals surface area contributed by atoms with Crippen LogP contribution in [-0.4, -0.2) is 49.9 Å². The van der Waals surface area contributed by atoms with Crippen molar-refractivity contribution in [1.82, 2.24) is 15.5 Å². The van der Waals surface area contributed by atoms with E-state index in [0.29, 0.717) is 6.54 Å². The predicted molar refractivity (Wildman–Crippen MR) is 66.5 cm³/mol. The summed E-state index contributed by atoms with van der Waals surface area (Å²) in [6, 6.07) is -0.457. The summed E-state index contributed by atoms with van der Waals surface area (Å²) in [7, 11) is 3.38. The van der Waals surface area contributed by atoms with Gasteiger partial charge in [-0.3, -0.25) is 9.59 Å². The fourth-order valence-electron chi connectivity index (χ4n) is 2.20. The molecule has 1 fully saturated rings. The minimum Gasteiger partial charge on any atom is -0.347 e. The second-order valence-corrected chi connectivity index (χ2v) is 4.99. The van der Waals surface area contributed by atoms with Crippen LogP contribution in [0.15, 0.2) is 0 Å². The lowest BCUT2D eigenvalue weighted by molar-refractivity contribution is -0.137. The number of hydrogen-bond acceptors (Lipinski definition) is 3. The number of amides is 2. The van der Waals surface area contributed by atoms with Gasteiger partial charge in [0.25, 0.3) is 0 Å². The van der Waals surface area contributed by atoms with Crippen molar-refractivity contribution >= 4 is 11.8 Å². The van der Waals surface area contributed by atoms with Crippen molar-refractivity contribution in [3.8, 4) is 0 Å². The highest BCUT2D eigenvalue weighted by Gasteiger charge is 2.40. The van der Waals surface area contributed by atoms with E-state index in [1.807, 2.05) is 6.92 Å². The predicted octanol–water partition coefficient (Wildman–Crippen LogP) is -0.0310. The first-order chi connectivity index (χ1) is 7.93. The van der Waals surface area contributed by atoms with E-state index in [2.05, 4.69) is 10.6 Å². The fraction of sp³-hybridized carbons (Fsp3) is 0.833. The Balaban J connectivity index is 2.62. The van der Waals surface area contributed by atoms with Gasteiger partial charge in [-0.1, -0.05) is 6.92 Å². The third-order valence-corrected chi connectivity index (χ3v) is 3.56. The number of rotatable bonds is 4. The van der Waals surface area contributed by atoms with Gasteiger partial charge in [-0.05, 0) is 26.3 Å². The van der Waals surface area contributed by atoms with Crippen LogP contribution in [0.4, 0.5) is 0 Å². The Hall–Kier alpha value is -1.10. The van der Waals surface area contributed by atoms with Crippen LogP contribution in [0.5, 0.6) is 0 Å². The van der Waals surface area contributed by atoms with Crippen molar-refractivity contribution < 1.29 is 9.59 Å². The zero-order valence-electron chi connectivity index (χ0n) is 11.2. The third-order valence-electron chi connectivity index (χ3n) is 3.56. The van der Waals surface area contributed by atoms with Gasteiger partial charge in [0.2, 0.25) is 11.8 Å². The molecule has 5 nitrogen and oxygen atoms in total. The molecular formula is C12H23N3O2. The number of nitrogens with zero attached hydrogens (tertiary/aromatic N) is 1. The normalized spacial score (nSPS) is 25.4. The van der Waals surface area contributed by atoms with Gasteiger partial charge in [0.05, 0.1) is 5.41 Å². The van der Waals surface area contributed by atoms with Crippen molar-refractivity contribution in [2.45, 2.75) is 32.7 Å². The quantitative estimate of drug-likeness (QED) is 0.726. The molecule has 1 aliphatic heterocycles. The van der Waals surface area contributed by atoms with Gasteiger partial charge in [-0.15, -0.1) is 0 Å². The van der Waals surface area contributed by atoms with Crippen molar-refractivity contribution in [3.05, 3.63) is 0 Å². The summed E-state index contributed by atoms with van der Waals surface area (Å²) < 4.78 is 0. The highest BCUT2D eigenvalue weighted by Crippen LogP contribution is 2.29. The first kappa shape index (κ1) is 14.0. The molecule has 1 aliphatic rings. The summed E-state index contributed by atoms with van der Waals surface area (Å²) in [6.45, 7) is 5.33. The highest BCUT2D eigenvalue weighted by molar-refractivity contribution is 5.90. The Labute approximate surface area is 103 Å². The number of hydrogen-bond donors (Lipinski definition) is 2. The van der Waals surface area contributed by atoms with Crippen molar-refractivity contribution in [3.63, 3.8) is 0 Å². The second kappa shape index (κ2) is 5.49. The molecule has 0 radical (unpaired) electrons. The van der Waals surface area contributed by atoms with Crippen LogP contribution in [0.2, 0.25) is 0 Å². The monoisotopic (exact) mass is 241 g/mol. The molecule has 98 valence electrons. The van der Waals surface area contributed by atoms with Gasteiger partial charge in [0.1, 0.15) is 6.04 Å². The molecule has 2 N–H and O–H groups in total. The SMILES string of the molecule is CCC1(C(=O)NC(C)C(=O)N(C)C)CCNC1. The summed E-state index contributed by atoms with van der Waals surface area (Å²) in [5.41, 5.74) is -0.332. The van der Waals surface area contributed by atoms with E-state index in [-0.39, 0.29) is 17.2 Å². The molecule has 2 unspecified atom stereocenters. The van der Waals surface area contributed by atoms with Crippen LogP contribution >= 0.6 is 0 Å². The van der Waals surface area contributed by atoms with E-state index in [1.54, 1.807) is 21.0 Å². The van der Waals surface area contributed by atoms with Crippen LogP contribution < -0.4 is 10.6 Å². The van der Waals surface area contributed by atoms with Gasteiger partial charge < -0.3 is 15.5 Å². The lowest BCUT2D eigenvalue weighted by Crippen LogP contribution is -2.50. The van der Waals surface area contributed by atoms with Gasteiger partial charge in [-0.2, -0.15) is 0 Å². The van der Waals surface area contributed by atoms with Crippen LogP contribution in [-0.2, 0) is 9.59 Å². The van der Waals surface area contributed by atoms with E-state index >= 15 is 0 Å². The third kappa shape index (κ3) is 2.97. The Kier molecular flexibility index (Phi) is 4.51. The van der Waals surface area contributed by atoms with Gasteiger partial charge in [0, 0.05) is 20.6 Å². The van der Waals surface area contributed by atoms with Crippen LogP contribution in [0.25, 0.3) is 0 Å². The first-order valence-corrected chi connectivity index (χ1v) is 6.16. The summed E-state index contributed by atoms with van der Waals surface area (Å²) in [5.74, 6) is -0.0803. The maximum atomic E-state index is 12.2. The lowest BCUT2D eigenvalue weighted by Gasteiger charge is -2.28. The molecule has 1 heterocycles. The fourth-order valence-corrected chi connectivity index (χ4v) is 2.20. The van der Waals surface area contributed by atoms with Crippen LogP contribution in [0.3, 0.4) is 0 Å². The Morgan fingerprint density at radius 3 is 2.53 bits per heavy atom. The van der Waals surface area contributed by atoms with Crippen molar-refractivity contribution in [2.75, 3.05) is 27.2 Å². The molecule has 0 aromatic carbocycles. The molecule has 2 amide bonds. The lowest BCUT2D eigenvalue weighted by atomic mass is 9.83. The smallest absolute Gasteiger partial charge is 0.244 e. The molecule has 0 bridgehead atoms. The van der Waals surface area contributed by atoms with Gasteiger partial charge in [-0.25, -0.2) is 0 Å². The van der Waals surface area contributed by atoms with E-state index < -0.39 is 6.04 Å². The minimum atomic E-state index is -0.457. The molecule has 0 aliphatic carbocycles. The first-order valence-electron chi connectivity index (χ1n) is 6.16. The molecule has 1 saturated heterocycles. The van der Waals surface area contributed by atoms with E-state index in [1.165, 1.54) is 4.90 Å². The Bertz CT molecular complexity index is 296. The minimum absolute atomic E-state index is 0.00676. The van der Waals surface area contributed by atoms with Crippen LogP contribution in [0.1, 0.15) is 26.7 Å². The average Bonchev–Trinajstić information content (AvgIpc) is 2.77. The summed E-state index contributed by atoms with van der Waals surface area (Å²) in [4.78, 5) is 25.4. The maximum absolute atomic E-state index is 12.2. The number of nitrogens with one attached hydrogen (secondary N) is 2.